The van der Waals surface area contributed by atoms with Crippen LogP contribution in [0.15, 0.2) is 34.9 Å². The fourth-order valence-corrected chi connectivity index (χ4v) is 1.95. The molecule has 23 heavy (non-hydrogen) atoms. The highest BCUT2D eigenvalue weighted by atomic mass is 19.1. The number of benzene rings is 1. The van der Waals surface area contributed by atoms with Crippen LogP contribution in [0.3, 0.4) is 0 Å². The topological polar surface area (TPSA) is 63.5 Å². The van der Waals surface area contributed by atoms with Gasteiger partial charge >= 0.3 is 6.09 Å². The van der Waals surface area contributed by atoms with E-state index in [0.717, 1.165) is 11.3 Å². The van der Waals surface area contributed by atoms with Gasteiger partial charge in [-0.1, -0.05) is 0 Å². The summed E-state index contributed by atoms with van der Waals surface area (Å²) in [5, 5.41) is 5.68. The molecule has 1 amide bonds. The van der Waals surface area contributed by atoms with Gasteiger partial charge in [0.05, 0.1) is 24.2 Å². The normalized spacial score (nSPS) is 11.2. The van der Waals surface area contributed by atoms with Crippen LogP contribution < -0.4 is 10.6 Å². The van der Waals surface area contributed by atoms with Gasteiger partial charge in [-0.15, -0.1) is 0 Å². The molecule has 0 aliphatic rings. The second-order valence-electron chi connectivity index (χ2n) is 6.20. The van der Waals surface area contributed by atoms with Gasteiger partial charge in [0.1, 0.15) is 17.2 Å². The van der Waals surface area contributed by atoms with E-state index in [4.69, 9.17) is 9.15 Å². The van der Waals surface area contributed by atoms with Crippen LogP contribution in [-0.2, 0) is 11.3 Å². The number of carbonyl (C=O) groups is 1. The Morgan fingerprint density at radius 2 is 2.00 bits per heavy atom. The van der Waals surface area contributed by atoms with Gasteiger partial charge in [0, 0.05) is 0 Å². The van der Waals surface area contributed by atoms with E-state index in [-0.39, 0.29) is 0 Å². The molecule has 2 N–H and O–H groups in total. The van der Waals surface area contributed by atoms with E-state index >= 15 is 0 Å². The Bertz CT molecular complexity index is 689. The van der Waals surface area contributed by atoms with Crippen molar-refractivity contribution in [3.05, 3.63) is 47.7 Å². The van der Waals surface area contributed by atoms with Crippen LogP contribution in [0.1, 0.15) is 32.1 Å². The van der Waals surface area contributed by atoms with Crippen LogP contribution in [0.2, 0.25) is 0 Å². The SMILES string of the molecule is Cc1ccoc1CNc1cc(F)ccc1NC(=O)OC(C)(C)C. The molecular formula is C17H21FN2O3. The van der Waals surface area contributed by atoms with Crippen LogP contribution in [0.5, 0.6) is 0 Å². The minimum atomic E-state index is -0.608. The molecule has 1 heterocycles. The summed E-state index contributed by atoms with van der Waals surface area (Å²) in [6.45, 7) is 7.62. The van der Waals surface area contributed by atoms with E-state index in [1.54, 1.807) is 27.0 Å². The van der Waals surface area contributed by atoms with Crippen molar-refractivity contribution in [2.75, 3.05) is 10.6 Å². The third-order valence-corrected chi connectivity index (χ3v) is 3.02. The van der Waals surface area contributed by atoms with Gasteiger partial charge in [0.2, 0.25) is 0 Å². The van der Waals surface area contributed by atoms with Gasteiger partial charge in [-0.3, -0.25) is 5.32 Å². The molecule has 1 aromatic carbocycles. The van der Waals surface area contributed by atoms with Gasteiger partial charge in [0.25, 0.3) is 0 Å². The number of nitrogens with one attached hydrogen (secondary N) is 2. The Morgan fingerprint density at radius 1 is 1.26 bits per heavy atom. The Hall–Kier alpha value is -2.50. The average Bonchev–Trinajstić information content (AvgIpc) is 2.82. The van der Waals surface area contributed by atoms with Crippen molar-refractivity contribution in [1.82, 2.24) is 0 Å². The third-order valence-electron chi connectivity index (χ3n) is 3.02. The molecule has 0 saturated carbocycles. The second kappa shape index (κ2) is 6.73. The molecule has 5 nitrogen and oxygen atoms in total. The number of aryl methyl sites for hydroxylation is 1. The zero-order valence-corrected chi connectivity index (χ0v) is 13.7. The molecule has 0 bridgehead atoms. The molecule has 2 aromatic rings. The molecule has 0 saturated heterocycles. The minimum absolute atomic E-state index is 0.380. The molecule has 0 unspecified atom stereocenters. The molecule has 124 valence electrons. The Morgan fingerprint density at radius 3 is 2.61 bits per heavy atom. The van der Waals surface area contributed by atoms with Gasteiger partial charge < -0.3 is 14.5 Å². The van der Waals surface area contributed by atoms with Gasteiger partial charge in [-0.2, -0.15) is 0 Å². The maximum atomic E-state index is 13.5. The number of anilines is 2. The quantitative estimate of drug-likeness (QED) is 0.858. The van der Waals surface area contributed by atoms with Crippen molar-refractivity contribution in [2.24, 2.45) is 0 Å². The molecule has 0 spiro atoms. The lowest BCUT2D eigenvalue weighted by Gasteiger charge is -2.20. The number of rotatable bonds is 4. The number of ether oxygens (including phenoxy) is 1. The average molecular weight is 320 g/mol. The molecular weight excluding hydrogens is 299 g/mol. The number of hydrogen-bond donors (Lipinski definition) is 2. The number of amides is 1. The molecule has 6 heteroatoms. The van der Waals surface area contributed by atoms with Crippen LogP contribution in [0.4, 0.5) is 20.6 Å². The van der Waals surface area contributed by atoms with Crippen molar-refractivity contribution in [3.8, 4) is 0 Å². The van der Waals surface area contributed by atoms with Crippen LogP contribution >= 0.6 is 0 Å². The van der Waals surface area contributed by atoms with Crippen LogP contribution in [0, 0.1) is 12.7 Å². The van der Waals surface area contributed by atoms with Crippen molar-refractivity contribution in [1.29, 1.82) is 0 Å². The predicted molar refractivity (Wildman–Crippen MR) is 87.0 cm³/mol. The molecule has 1 aromatic heterocycles. The number of hydrogen-bond acceptors (Lipinski definition) is 4. The molecule has 2 rings (SSSR count). The number of halogens is 1. The minimum Gasteiger partial charge on any atom is -0.467 e. The molecule has 0 aliphatic carbocycles. The fourth-order valence-electron chi connectivity index (χ4n) is 1.95. The summed E-state index contributed by atoms with van der Waals surface area (Å²) < 4.78 is 24.0. The first-order chi connectivity index (χ1) is 10.7. The van der Waals surface area contributed by atoms with E-state index in [2.05, 4.69) is 10.6 Å². The summed E-state index contributed by atoms with van der Waals surface area (Å²) >= 11 is 0. The summed E-state index contributed by atoms with van der Waals surface area (Å²) in [6.07, 6.45) is 0.999. The summed E-state index contributed by atoms with van der Waals surface area (Å²) in [7, 11) is 0. The van der Waals surface area contributed by atoms with Crippen molar-refractivity contribution in [3.63, 3.8) is 0 Å². The second-order valence-corrected chi connectivity index (χ2v) is 6.20. The highest BCUT2D eigenvalue weighted by molar-refractivity contribution is 5.89. The first kappa shape index (κ1) is 16.9. The van der Waals surface area contributed by atoms with Crippen LogP contribution in [0.25, 0.3) is 0 Å². The van der Waals surface area contributed by atoms with Crippen LogP contribution in [-0.4, -0.2) is 11.7 Å². The largest absolute Gasteiger partial charge is 0.467 e. The Balaban J connectivity index is 2.11. The molecule has 0 radical (unpaired) electrons. The monoisotopic (exact) mass is 320 g/mol. The summed E-state index contributed by atoms with van der Waals surface area (Å²) in [5.41, 5.74) is 1.27. The highest BCUT2D eigenvalue weighted by Gasteiger charge is 2.17. The summed E-state index contributed by atoms with van der Waals surface area (Å²) in [4.78, 5) is 11.9. The zero-order valence-electron chi connectivity index (χ0n) is 13.7. The van der Waals surface area contributed by atoms with E-state index < -0.39 is 17.5 Å². The first-order valence-electron chi connectivity index (χ1n) is 7.31. The zero-order chi connectivity index (χ0) is 17.0. The Kier molecular flexibility index (Phi) is 4.93. The van der Waals surface area contributed by atoms with Crippen molar-refractivity contribution >= 4 is 17.5 Å². The first-order valence-corrected chi connectivity index (χ1v) is 7.31. The molecule has 0 atom stereocenters. The van der Waals surface area contributed by atoms with E-state index in [9.17, 15) is 9.18 Å². The fraction of sp³-hybridized carbons (Fsp3) is 0.353. The standard InChI is InChI=1S/C17H21FN2O3/c1-11-7-8-22-15(11)10-19-14-9-12(18)5-6-13(14)20-16(21)23-17(2,3)4/h5-9,19H,10H2,1-4H3,(H,20,21). The molecule has 0 fully saturated rings. The summed E-state index contributed by atoms with van der Waals surface area (Å²) in [5.74, 6) is 0.343. The van der Waals surface area contributed by atoms with Gasteiger partial charge in [0.15, 0.2) is 0 Å². The lowest BCUT2D eigenvalue weighted by Crippen LogP contribution is -2.27. The predicted octanol–water partition coefficient (Wildman–Crippen LogP) is 4.69. The maximum absolute atomic E-state index is 13.5. The lowest BCUT2D eigenvalue weighted by atomic mass is 10.2. The van der Waals surface area contributed by atoms with E-state index in [1.807, 2.05) is 13.0 Å². The number of carbonyl (C=O) groups excluding carboxylic acids is 1. The third kappa shape index (κ3) is 5.02. The number of furan rings is 1. The molecule has 0 aliphatic heterocycles. The summed E-state index contributed by atoms with van der Waals surface area (Å²) in [6, 6.07) is 5.92. The van der Waals surface area contributed by atoms with E-state index in [1.165, 1.54) is 18.2 Å². The van der Waals surface area contributed by atoms with Crippen molar-refractivity contribution in [2.45, 2.75) is 39.8 Å². The van der Waals surface area contributed by atoms with Gasteiger partial charge in [-0.05, 0) is 57.5 Å². The maximum Gasteiger partial charge on any atom is 0.412 e. The highest BCUT2D eigenvalue weighted by Crippen LogP contribution is 2.25. The Labute approximate surface area is 134 Å². The smallest absolute Gasteiger partial charge is 0.412 e. The van der Waals surface area contributed by atoms with Crippen molar-refractivity contribution < 1.29 is 18.3 Å². The lowest BCUT2D eigenvalue weighted by molar-refractivity contribution is 0.0636. The van der Waals surface area contributed by atoms with E-state index in [0.29, 0.717) is 17.9 Å². The van der Waals surface area contributed by atoms with Gasteiger partial charge in [-0.25, -0.2) is 9.18 Å².